The van der Waals surface area contributed by atoms with Crippen LogP contribution in [-0.2, 0) is 4.79 Å². The molecule has 0 aliphatic carbocycles. The second-order valence-corrected chi connectivity index (χ2v) is 5.86. The van der Waals surface area contributed by atoms with Gasteiger partial charge in [0, 0.05) is 18.5 Å². The number of amides is 1. The maximum atomic E-state index is 12.0. The molecule has 1 amide bonds. The van der Waals surface area contributed by atoms with Crippen LogP contribution in [0.2, 0.25) is 0 Å². The van der Waals surface area contributed by atoms with Crippen molar-refractivity contribution in [2.24, 2.45) is 5.73 Å². The van der Waals surface area contributed by atoms with Crippen molar-refractivity contribution in [3.63, 3.8) is 0 Å². The Labute approximate surface area is 159 Å². The van der Waals surface area contributed by atoms with E-state index in [4.69, 9.17) is 5.73 Å². The Kier molecular flexibility index (Phi) is 15.4. The smallest absolute Gasteiger partial charge is 0.222 e. The standard InChI is InChI=1S/C18H31N3O.2ClH/c1-4-21(5-2)13-9-10-15(3)20-18(22)14-17(19)16-11-7-6-8-12-16;;/h6-8,11-12,15,17H,4-5,9-10,13-14,19H2,1-3H3,(H,20,22);2*1H. The third-order valence-corrected chi connectivity index (χ3v) is 4.05. The van der Waals surface area contributed by atoms with Crippen molar-refractivity contribution in [1.82, 2.24) is 10.2 Å². The zero-order chi connectivity index (χ0) is 16.4. The van der Waals surface area contributed by atoms with Gasteiger partial charge in [0.15, 0.2) is 0 Å². The monoisotopic (exact) mass is 377 g/mol. The maximum absolute atomic E-state index is 12.0. The first-order chi connectivity index (χ1) is 10.6. The molecule has 0 heterocycles. The fraction of sp³-hybridized carbons (Fsp3) is 0.611. The van der Waals surface area contributed by atoms with Gasteiger partial charge in [-0.3, -0.25) is 4.79 Å². The number of nitrogens with one attached hydrogen (secondary N) is 1. The molecule has 140 valence electrons. The highest BCUT2D eigenvalue weighted by molar-refractivity contribution is 5.85. The summed E-state index contributed by atoms with van der Waals surface area (Å²) in [7, 11) is 0. The maximum Gasteiger partial charge on any atom is 0.222 e. The Balaban J connectivity index is 0. The summed E-state index contributed by atoms with van der Waals surface area (Å²) in [6.07, 6.45) is 2.45. The number of nitrogens with two attached hydrogens (primary N) is 1. The predicted octanol–water partition coefficient (Wildman–Crippen LogP) is 3.55. The number of benzene rings is 1. The molecule has 6 heteroatoms. The van der Waals surface area contributed by atoms with E-state index in [1.165, 1.54) is 0 Å². The van der Waals surface area contributed by atoms with Gasteiger partial charge in [-0.05, 0) is 45.0 Å². The lowest BCUT2D eigenvalue weighted by atomic mass is 10.0. The lowest BCUT2D eigenvalue weighted by Gasteiger charge is -2.20. The molecule has 0 aliphatic rings. The SMILES string of the molecule is CCN(CC)CCCC(C)NC(=O)CC(N)c1ccccc1.Cl.Cl. The number of carbonyl (C=O) groups excluding carboxylic acids is 1. The van der Waals surface area contributed by atoms with Crippen molar-refractivity contribution in [1.29, 1.82) is 0 Å². The largest absolute Gasteiger partial charge is 0.354 e. The molecule has 0 bridgehead atoms. The average Bonchev–Trinajstić information content (AvgIpc) is 2.52. The molecular formula is C18H33Cl2N3O. The van der Waals surface area contributed by atoms with Gasteiger partial charge >= 0.3 is 0 Å². The number of halogens is 2. The number of carbonyl (C=O) groups is 1. The Morgan fingerprint density at radius 2 is 1.75 bits per heavy atom. The van der Waals surface area contributed by atoms with Crippen LogP contribution in [0, 0.1) is 0 Å². The Hall–Kier alpha value is -0.810. The molecular weight excluding hydrogens is 345 g/mol. The molecule has 0 spiro atoms. The lowest BCUT2D eigenvalue weighted by Crippen LogP contribution is -2.35. The lowest BCUT2D eigenvalue weighted by molar-refractivity contribution is -0.122. The third kappa shape index (κ3) is 10.1. The minimum atomic E-state index is -0.232. The van der Waals surface area contributed by atoms with E-state index in [9.17, 15) is 4.79 Å². The Bertz CT molecular complexity index is 428. The number of nitrogens with zero attached hydrogens (tertiary/aromatic N) is 1. The molecule has 0 aliphatic heterocycles. The molecule has 0 saturated heterocycles. The van der Waals surface area contributed by atoms with Crippen molar-refractivity contribution in [2.75, 3.05) is 19.6 Å². The predicted molar refractivity (Wildman–Crippen MR) is 107 cm³/mol. The molecule has 0 saturated carbocycles. The van der Waals surface area contributed by atoms with Crippen LogP contribution in [0.15, 0.2) is 30.3 Å². The Morgan fingerprint density at radius 3 is 2.29 bits per heavy atom. The van der Waals surface area contributed by atoms with Crippen molar-refractivity contribution >= 4 is 30.7 Å². The fourth-order valence-electron chi connectivity index (χ4n) is 2.58. The summed E-state index contributed by atoms with van der Waals surface area (Å²) in [6, 6.07) is 9.74. The molecule has 0 fully saturated rings. The van der Waals surface area contributed by atoms with Gasteiger partial charge in [0.2, 0.25) is 5.91 Å². The highest BCUT2D eigenvalue weighted by Gasteiger charge is 2.13. The number of hydrogen-bond donors (Lipinski definition) is 2. The van der Waals surface area contributed by atoms with E-state index < -0.39 is 0 Å². The van der Waals surface area contributed by atoms with Gasteiger partial charge in [-0.25, -0.2) is 0 Å². The molecule has 3 N–H and O–H groups in total. The fourth-order valence-corrected chi connectivity index (χ4v) is 2.58. The van der Waals surface area contributed by atoms with Crippen LogP contribution in [0.3, 0.4) is 0 Å². The van der Waals surface area contributed by atoms with Crippen molar-refractivity contribution in [3.8, 4) is 0 Å². The van der Waals surface area contributed by atoms with Crippen LogP contribution in [0.5, 0.6) is 0 Å². The van der Waals surface area contributed by atoms with Gasteiger partial charge in [0.05, 0.1) is 0 Å². The van der Waals surface area contributed by atoms with Crippen LogP contribution >= 0.6 is 24.8 Å². The first-order valence-electron chi connectivity index (χ1n) is 8.39. The molecule has 2 unspecified atom stereocenters. The summed E-state index contributed by atoms with van der Waals surface area (Å²) in [6.45, 7) is 9.69. The van der Waals surface area contributed by atoms with E-state index in [0.29, 0.717) is 6.42 Å². The summed E-state index contributed by atoms with van der Waals surface area (Å²) >= 11 is 0. The number of rotatable bonds is 10. The van der Waals surface area contributed by atoms with Crippen molar-refractivity contribution in [3.05, 3.63) is 35.9 Å². The van der Waals surface area contributed by atoms with E-state index in [2.05, 4.69) is 31.0 Å². The first kappa shape index (κ1) is 25.4. The molecule has 1 aromatic rings. The van der Waals surface area contributed by atoms with E-state index in [1.807, 2.05) is 30.3 Å². The topological polar surface area (TPSA) is 58.4 Å². The van der Waals surface area contributed by atoms with Gasteiger partial charge in [0.1, 0.15) is 0 Å². The average molecular weight is 378 g/mol. The highest BCUT2D eigenvalue weighted by Crippen LogP contribution is 2.13. The van der Waals surface area contributed by atoms with Crippen molar-refractivity contribution < 1.29 is 4.79 Å². The summed E-state index contributed by atoms with van der Waals surface area (Å²) in [5.41, 5.74) is 7.09. The molecule has 0 aromatic heterocycles. The normalized spacial score (nSPS) is 12.7. The van der Waals surface area contributed by atoms with Crippen LogP contribution in [-0.4, -0.2) is 36.5 Å². The van der Waals surface area contributed by atoms with Gasteiger partial charge in [-0.2, -0.15) is 0 Å². The van der Waals surface area contributed by atoms with E-state index in [1.54, 1.807) is 0 Å². The van der Waals surface area contributed by atoms with Gasteiger partial charge < -0.3 is 16.0 Å². The molecule has 2 atom stereocenters. The third-order valence-electron chi connectivity index (χ3n) is 4.05. The van der Waals surface area contributed by atoms with Gasteiger partial charge in [-0.1, -0.05) is 44.2 Å². The summed E-state index contributed by atoms with van der Waals surface area (Å²) < 4.78 is 0. The summed E-state index contributed by atoms with van der Waals surface area (Å²) in [4.78, 5) is 14.4. The molecule has 0 radical (unpaired) electrons. The molecule has 24 heavy (non-hydrogen) atoms. The second-order valence-electron chi connectivity index (χ2n) is 5.86. The van der Waals surface area contributed by atoms with E-state index in [-0.39, 0.29) is 42.8 Å². The van der Waals surface area contributed by atoms with Crippen LogP contribution in [0.1, 0.15) is 51.6 Å². The van der Waals surface area contributed by atoms with Crippen LogP contribution in [0.25, 0.3) is 0 Å². The highest BCUT2D eigenvalue weighted by atomic mass is 35.5. The summed E-state index contributed by atoms with van der Waals surface area (Å²) in [5.74, 6) is 0.0340. The van der Waals surface area contributed by atoms with Gasteiger partial charge in [-0.15, -0.1) is 24.8 Å². The quantitative estimate of drug-likeness (QED) is 0.655. The zero-order valence-corrected chi connectivity index (χ0v) is 16.7. The van der Waals surface area contributed by atoms with Crippen LogP contribution < -0.4 is 11.1 Å². The summed E-state index contributed by atoms with van der Waals surface area (Å²) in [5, 5.41) is 3.05. The van der Waals surface area contributed by atoms with Crippen LogP contribution in [0.4, 0.5) is 0 Å². The minimum absolute atomic E-state index is 0. The first-order valence-corrected chi connectivity index (χ1v) is 8.39. The number of hydrogen-bond acceptors (Lipinski definition) is 3. The molecule has 1 rings (SSSR count). The Morgan fingerprint density at radius 1 is 1.17 bits per heavy atom. The second kappa shape index (κ2) is 14.5. The minimum Gasteiger partial charge on any atom is -0.354 e. The molecule has 4 nitrogen and oxygen atoms in total. The van der Waals surface area contributed by atoms with E-state index in [0.717, 1.165) is 38.0 Å². The molecule has 1 aromatic carbocycles. The van der Waals surface area contributed by atoms with Gasteiger partial charge in [0.25, 0.3) is 0 Å². The zero-order valence-electron chi connectivity index (χ0n) is 15.0. The van der Waals surface area contributed by atoms with Crippen molar-refractivity contribution in [2.45, 2.75) is 52.1 Å². The van der Waals surface area contributed by atoms with E-state index >= 15 is 0 Å².